The van der Waals surface area contributed by atoms with Crippen LogP contribution < -0.4 is 0 Å². The first-order chi connectivity index (χ1) is 14.8. The van der Waals surface area contributed by atoms with Gasteiger partial charge in [-0.1, -0.05) is 29.8 Å². The highest BCUT2D eigenvalue weighted by atomic mass is 35.5. The van der Waals surface area contributed by atoms with Crippen LogP contribution in [0, 0.1) is 0 Å². The molecule has 8 heteroatoms. The SMILES string of the molecule is CC(C)n1ncc2cc(Cc3cc(C4OC(CO)C(O)C(O)C4O)ccc3Cl)ccc21. The second-order valence-corrected chi connectivity index (χ2v) is 8.76. The summed E-state index contributed by atoms with van der Waals surface area (Å²) in [4.78, 5) is 0. The van der Waals surface area contributed by atoms with Crippen LogP contribution in [0.5, 0.6) is 0 Å². The van der Waals surface area contributed by atoms with Crippen LogP contribution in [0.25, 0.3) is 10.9 Å². The topological polar surface area (TPSA) is 108 Å². The predicted molar refractivity (Wildman–Crippen MR) is 117 cm³/mol. The second kappa shape index (κ2) is 8.86. The van der Waals surface area contributed by atoms with Gasteiger partial charge in [-0.2, -0.15) is 5.10 Å². The van der Waals surface area contributed by atoms with Gasteiger partial charge in [-0.05, 0) is 55.2 Å². The number of rotatable bonds is 5. The van der Waals surface area contributed by atoms with Crippen LogP contribution in [0.15, 0.2) is 42.6 Å². The Hall–Kier alpha value is -2.00. The molecule has 0 saturated carbocycles. The molecule has 0 amide bonds. The zero-order chi connectivity index (χ0) is 22.3. The minimum Gasteiger partial charge on any atom is -0.394 e. The maximum Gasteiger partial charge on any atom is 0.113 e. The number of ether oxygens (including phenoxy) is 1. The molecule has 1 aliphatic rings. The molecular weight excluding hydrogens is 420 g/mol. The number of aliphatic hydroxyl groups excluding tert-OH is 4. The number of nitrogens with zero attached hydrogens (tertiary/aromatic N) is 2. The average Bonchev–Trinajstić information content (AvgIpc) is 3.18. The third-order valence-corrected chi connectivity index (χ3v) is 6.20. The number of fused-ring (bicyclic) bond motifs is 1. The van der Waals surface area contributed by atoms with Gasteiger partial charge in [-0.15, -0.1) is 0 Å². The Labute approximate surface area is 185 Å². The molecule has 5 atom stereocenters. The van der Waals surface area contributed by atoms with E-state index in [1.807, 2.05) is 29.1 Å². The number of hydrogen-bond donors (Lipinski definition) is 4. The molecule has 0 spiro atoms. The molecule has 166 valence electrons. The maximum absolute atomic E-state index is 10.4. The lowest BCUT2D eigenvalue weighted by Crippen LogP contribution is -2.55. The molecule has 3 aromatic rings. The van der Waals surface area contributed by atoms with E-state index in [1.54, 1.807) is 12.1 Å². The molecule has 0 bridgehead atoms. The first-order valence-corrected chi connectivity index (χ1v) is 10.7. The van der Waals surface area contributed by atoms with Crippen molar-refractivity contribution in [3.8, 4) is 0 Å². The first kappa shape index (κ1) is 22.2. The zero-order valence-corrected chi connectivity index (χ0v) is 18.1. The van der Waals surface area contributed by atoms with Gasteiger partial charge in [0.2, 0.25) is 0 Å². The zero-order valence-electron chi connectivity index (χ0n) is 17.4. The highest BCUT2D eigenvalue weighted by molar-refractivity contribution is 6.31. The van der Waals surface area contributed by atoms with Crippen molar-refractivity contribution in [1.29, 1.82) is 0 Å². The van der Waals surface area contributed by atoms with E-state index in [0.717, 1.165) is 22.0 Å². The lowest BCUT2D eigenvalue weighted by molar-refractivity contribution is -0.231. The Morgan fingerprint density at radius 1 is 1.06 bits per heavy atom. The van der Waals surface area contributed by atoms with Gasteiger partial charge in [0.05, 0.1) is 18.3 Å². The molecule has 0 aliphatic carbocycles. The standard InChI is InChI=1S/C23H27ClN2O5/c1-12(2)26-18-6-3-13(8-16(18)10-25-26)7-15-9-14(4-5-17(15)24)23-22(30)21(29)20(28)19(11-27)31-23/h3-6,8-10,12,19-23,27-30H,7,11H2,1-2H3. The highest BCUT2D eigenvalue weighted by Gasteiger charge is 2.44. The van der Waals surface area contributed by atoms with E-state index in [-0.39, 0.29) is 6.04 Å². The summed E-state index contributed by atoms with van der Waals surface area (Å²) >= 11 is 6.44. The second-order valence-electron chi connectivity index (χ2n) is 8.35. The fourth-order valence-corrected chi connectivity index (χ4v) is 4.31. The number of aliphatic hydroxyl groups is 4. The Morgan fingerprint density at radius 2 is 1.84 bits per heavy atom. The van der Waals surface area contributed by atoms with E-state index in [9.17, 15) is 20.4 Å². The number of benzene rings is 2. The molecule has 2 aromatic carbocycles. The maximum atomic E-state index is 10.4. The molecule has 2 heterocycles. The molecule has 1 aromatic heterocycles. The molecular formula is C23H27ClN2O5. The predicted octanol–water partition coefficient (Wildman–Crippen LogP) is 2.38. The van der Waals surface area contributed by atoms with Gasteiger partial charge in [0.25, 0.3) is 0 Å². The third kappa shape index (κ3) is 4.22. The van der Waals surface area contributed by atoms with Crippen molar-refractivity contribution in [3.63, 3.8) is 0 Å². The van der Waals surface area contributed by atoms with Crippen molar-refractivity contribution >= 4 is 22.5 Å². The van der Waals surface area contributed by atoms with Gasteiger partial charge >= 0.3 is 0 Å². The number of hydrogen-bond acceptors (Lipinski definition) is 6. The van der Waals surface area contributed by atoms with E-state index in [0.29, 0.717) is 17.0 Å². The quantitative estimate of drug-likeness (QED) is 0.479. The molecule has 1 aliphatic heterocycles. The van der Waals surface area contributed by atoms with E-state index in [1.165, 1.54) is 0 Å². The van der Waals surface area contributed by atoms with Crippen molar-refractivity contribution in [1.82, 2.24) is 9.78 Å². The Morgan fingerprint density at radius 3 is 2.55 bits per heavy atom. The molecule has 7 nitrogen and oxygen atoms in total. The summed E-state index contributed by atoms with van der Waals surface area (Å²) in [5.74, 6) is 0. The monoisotopic (exact) mass is 446 g/mol. The van der Waals surface area contributed by atoms with E-state index >= 15 is 0 Å². The third-order valence-electron chi connectivity index (χ3n) is 5.83. The van der Waals surface area contributed by atoms with Gasteiger partial charge in [-0.25, -0.2) is 0 Å². The van der Waals surface area contributed by atoms with Crippen molar-refractivity contribution in [2.75, 3.05) is 6.61 Å². The summed E-state index contributed by atoms with van der Waals surface area (Å²) in [7, 11) is 0. The van der Waals surface area contributed by atoms with Crippen LogP contribution in [-0.2, 0) is 11.2 Å². The molecule has 4 rings (SSSR count). The lowest BCUT2D eigenvalue weighted by Gasteiger charge is -2.40. The van der Waals surface area contributed by atoms with Gasteiger partial charge in [0.15, 0.2) is 0 Å². The lowest BCUT2D eigenvalue weighted by atomic mass is 9.90. The van der Waals surface area contributed by atoms with Gasteiger partial charge in [0, 0.05) is 16.5 Å². The van der Waals surface area contributed by atoms with Crippen LogP contribution in [0.3, 0.4) is 0 Å². The van der Waals surface area contributed by atoms with Crippen LogP contribution in [-0.4, -0.2) is 61.2 Å². The van der Waals surface area contributed by atoms with Gasteiger partial charge in [-0.3, -0.25) is 4.68 Å². The normalized spacial score (nSPS) is 26.6. The minimum atomic E-state index is -1.42. The summed E-state index contributed by atoms with van der Waals surface area (Å²) in [6.07, 6.45) is -3.57. The molecule has 4 N–H and O–H groups in total. The summed E-state index contributed by atoms with van der Waals surface area (Å²) in [6.45, 7) is 3.71. The van der Waals surface area contributed by atoms with Crippen molar-refractivity contribution in [2.45, 2.75) is 56.8 Å². The van der Waals surface area contributed by atoms with Crippen LogP contribution in [0.4, 0.5) is 0 Å². The summed E-state index contributed by atoms with van der Waals surface area (Å²) < 4.78 is 7.66. The van der Waals surface area contributed by atoms with Crippen molar-refractivity contribution < 1.29 is 25.2 Å². The van der Waals surface area contributed by atoms with Crippen LogP contribution in [0.1, 0.15) is 42.7 Å². The summed E-state index contributed by atoms with van der Waals surface area (Å²) in [5, 5.41) is 46.1. The largest absolute Gasteiger partial charge is 0.394 e. The molecule has 31 heavy (non-hydrogen) atoms. The van der Waals surface area contributed by atoms with E-state index < -0.39 is 37.1 Å². The minimum absolute atomic E-state index is 0.271. The molecule has 0 radical (unpaired) electrons. The van der Waals surface area contributed by atoms with Gasteiger partial charge in [0.1, 0.15) is 30.5 Å². The number of halogens is 1. The number of aromatic nitrogens is 2. The fraction of sp³-hybridized carbons (Fsp3) is 0.435. The van der Waals surface area contributed by atoms with E-state index in [2.05, 4.69) is 25.0 Å². The average molecular weight is 447 g/mol. The molecule has 5 unspecified atom stereocenters. The Balaban J connectivity index is 1.62. The Kier molecular flexibility index (Phi) is 6.35. The summed E-state index contributed by atoms with van der Waals surface area (Å²) in [5.41, 5.74) is 3.58. The molecule has 1 fully saturated rings. The smallest absolute Gasteiger partial charge is 0.113 e. The summed E-state index contributed by atoms with van der Waals surface area (Å²) in [6, 6.07) is 11.7. The van der Waals surface area contributed by atoms with E-state index in [4.69, 9.17) is 16.3 Å². The van der Waals surface area contributed by atoms with Crippen LogP contribution >= 0.6 is 11.6 Å². The fourth-order valence-electron chi connectivity index (χ4n) is 4.13. The van der Waals surface area contributed by atoms with Gasteiger partial charge < -0.3 is 25.2 Å². The van der Waals surface area contributed by atoms with Crippen molar-refractivity contribution in [3.05, 3.63) is 64.3 Å². The van der Waals surface area contributed by atoms with Crippen LogP contribution in [0.2, 0.25) is 5.02 Å². The first-order valence-electron chi connectivity index (χ1n) is 10.3. The molecule has 1 saturated heterocycles. The Bertz CT molecular complexity index is 1070. The van der Waals surface area contributed by atoms with Crippen molar-refractivity contribution in [2.24, 2.45) is 0 Å². The highest BCUT2D eigenvalue weighted by Crippen LogP contribution is 2.34.